The summed E-state index contributed by atoms with van der Waals surface area (Å²) in [4.78, 5) is 27.2. The summed E-state index contributed by atoms with van der Waals surface area (Å²) in [7, 11) is 1.70. The summed E-state index contributed by atoms with van der Waals surface area (Å²) in [5.41, 5.74) is 1.89. The average molecular weight is 384 g/mol. The van der Waals surface area contributed by atoms with Gasteiger partial charge in [0.15, 0.2) is 0 Å². The first-order valence-corrected chi connectivity index (χ1v) is 9.14. The number of rotatable bonds is 2. The Labute approximate surface area is 158 Å². The summed E-state index contributed by atoms with van der Waals surface area (Å²) >= 11 is 7.21. The SMILES string of the molecule is Cc1ccc2oc(=O)c3cc(C(=O)N(C)c4ccc(Cl)cc4)sc3c2c1. The van der Waals surface area contributed by atoms with Gasteiger partial charge in [-0.3, -0.25) is 4.79 Å². The molecule has 0 aliphatic carbocycles. The number of hydrogen-bond acceptors (Lipinski definition) is 4. The van der Waals surface area contributed by atoms with Crippen molar-refractivity contribution in [3.8, 4) is 0 Å². The molecule has 0 aliphatic heterocycles. The number of aryl methyl sites for hydroxylation is 1. The van der Waals surface area contributed by atoms with E-state index in [1.54, 1.807) is 43.4 Å². The molecule has 0 saturated carbocycles. The van der Waals surface area contributed by atoms with Crippen molar-refractivity contribution in [2.45, 2.75) is 6.92 Å². The normalized spacial score (nSPS) is 11.2. The van der Waals surface area contributed by atoms with Crippen molar-refractivity contribution in [3.05, 3.63) is 74.4 Å². The lowest BCUT2D eigenvalue weighted by Gasteiger charge is -2.16. The minimum absolute atomic E-state index is 0.186. The van der Waals surface area contributed by atoms with Gasteiger partial charge in [0.05, 0.1) is 15.0 Å². The second-order valence-corrected chi connectivity index (χ2v) is 7.57. The Bertz CT molecular complexity index is 1210. The van der Waals surface area contributed by atoms with E-state index < -0.39 is 5.63 Å². The second-order valence-electron chi connectivity index (χ2n) is 6.08. The third kappa shape index (κ3) is 2.79. The summed E-state index contributed by atoms with van der Waals surface area (Å²) in [6.07, 6.45) is 0. The molecule has 1 amide bonds. The predicted molar refractivity (Wildman–Crippen MR) is 107 cm³/mol. The Morgan fingerprint density at radius 1 is 1.08 bits per heavy atom. The summed E-state index contributed by atoms with van der Waals surface area (Å²) in [5.74, 6) is -0.186. The number of halogens is 1. The summed E-state index contributed by atoms with van der Waals surface area (Å²) in [6.45, 7) is 1.98. The van der Waals surface area contributed by atoms with E-state index >= 15 is 0 Å². The Kier molecular flexibility index (Phi) is 4.05. The van der Waals surface area contributed by atoms with Gasteiger partial charge in [0, 0.05) is 23.1 Å². The molecule has 0 spiro atoms. The number of thiophene rings is 1. The highest BCUT2D eigenvalue weighted by atomic mass is 35.5. The summed E-state index contributed by atoms with van der Waals surface area (Å²) in [6, 6.07) is 14.3. The van der Waals surface area contributed by atoms with Crippen LogP contribution in [0.4, 0.5) is 5.69 Å². The molecular weight excluding hydrogens is 370 g/mol. The molecule has 4 aromatic rings. The third-order valence-electron chi connectivity index (χ3n) is 4.26. The highest BCUT2D eigenvalue weighted by Gasteiger charge is 2.19. The molecule has 4 nitrogen and oxygen atoms in total. The lowest BCUT2D eigenvalue weighted by Crippen LogP contribution is -2.25. The van der Waals surface area contributed by atoms with E-state index in [9.17, 15) is 9.59 Å². The Morgan fingerprint density at radius 3 is 2.54 bits per heavy atom. The molecular formula is C20H14ClNO3S. The first kappa shape index (κ1) is 16.8. The molecule has 2 aromatic heterocycles. The van der Waals surface area contributed by atoms with Gasteiger partial charge >= 0.3 is 5.63 Å². The maximum atomic E-state index is 12.9. The van der Waals surface area contributed by atoms with Crippen LogP contribution < -0.4 is 10.5 Å². The van der Waals surface area contributed by atoms with Crippen LogP contribution in [0, 0.1) is 6.92 Å². The average Bonchev–Trinajstić information content (AvgIpc) is 3.08. The van der Waals surface area contributed by atoms with Crippen LogP contribution in [0.1, 0.15) is 15.2 Å². The molecule has 0 atom stereocenters. The fourth-order valence-corrected chi connectivity index (χ4v) is 4.13. The third-order valence-corrected chi connectivity index (χ3v) is 5.67. The number of nitrogens with zero attached hydrogens (tertiary/aromatic N) is 1. The zero-order chi connectivity index (χ0) is 18.4. The first-order valence-electron chi connectivity index (χ1n) is 7.94. The fourth-order valence-electron chi connectivity index (χ4n) is 2.86. The van der Waals surface area contributed by atoms with Crippen molar-refractivity contribution in [1.29, 1.82) is 0 Å². The van der Waals surface area contributed by atoms with E-state index in [1.807, 2.05) is 19.1 Å². The van der Waals surface area contributed by atoms with Crippen LogP contribution in [0.2, 0.25) is 5.02 Å². The van der Waals surface area contributed by atoms with Crippen LogP contribution in [-0.4, -0.2) is 13.0 Å². The summed E-state index contributed by atoms with van der Waals surface area (Å²) in [5, 5.41) is 1.88. The predicted octanol–water partition coefficient (Wildman–Crippen LogP) is 5.25. The molecule has 26 heavy (non-hydrogen) atoms. The van der Waals surface area contributed by atoms with E-state index in [4.69, 9.17) is 16.0 Å². The van der Waals surface area contributed by atoms with Crippen molar-refractivity contribution >= 4 is 55.6 Å². The Balaban J connectivity index is 1.84. The molecule has 6 heteroatoms. The van der Waals surface area contributed by atoms with Crippen molar-refractivity contribution < 1.29 is 9.21 Å². The van der Waals surface area contributed by atoms with Crippen LogP contribution in [0.25, 0.3) is 21.1 Å². The largest absolute Gasteiger partial charge is 0.422 e. The number of benzene rings is 2. The van der Waals surface area contributed by atoms with Crippen LogP contribution in [0.5, 0.6) is 0 Å². The molecule has 2 heterocycles. The molecule has 4 rings (SSSR count). The molecule has 0 radical (unpaired) electrons. The van der Waals surface area contributed by atoms with E-state index in [-0.39, 0.29) is 5.91 Å². The number of anilines is 1. The first-order chi connectivity index (χ1) is 12.4. The zero-order valence-electron chi connectivity index (χ0n) is 14.1. The van der Waals surface area contributed by atoms with Gasteiger partial charge in [-0.25, -0.2) is 4.79 Å². The van der Waals surface area contributed by atoms with Gasteiger partial charge in [0.2, 0.25) is 0 Å². The maximum absolute atomic E-state index is 12.9. The minimum Gasteiger partial charge on any atom is -0.422 e. The van der Waals surface area contributed by atoms with Crippen LogP contribution >= 0.6 is 22.9 Å². The van der Waals surface area contributed by atoms with E-state index in [2.05, 4.69) is 0 Å². The quantitative estimate of drug-likeness (QED) is 0.444. The second kappa shape index (κ2) is 6.27. The van der Waals surface area contributed by atoms with Crippen LogP contribution in [-0.2, 0) is 0 Å². The standard InChI is InChI=1S/C20H14ClNO3S/c1-11-3-8-16-14(9-11)18-15(20(24)25-16)10-17(26-18)19(23)22(2)13-6-4-12(21)5-7-13/h3-10H,1-2H3. The highest BCUT2D eigenvalue weighted by Crippen LogP contribution is 2.32. The number of amides is 1. The van der Waals surface area contributed by atoms with Gasteiger partial charge in [0.1, 0.15) is 5.58 Å². The van der Waals surface area contributed by atoms with Gasteiger partial charge in [-0.15, -0.1) is 11.3 Å². The number of fused-ring (bicyclic) bond motifs is 3. The number of hydrogen-bond donors (Lipinski definition) is 0. The van der Waals surface area contributed by atoms with Gasteiger partial charge in [-0.2, -0.15) is 0 Å². The van der Waals surface area contributed by atoms with E-state index in [0.29, 0.717) is 20.9 Å². The molecule has 0 fully saturated rings. The van der Waals surface area contributed by atoms with Crippen molar-refractivity contribution in [3.63, 3.8) is 0 Å². The molecule has 2 aromatic carbocycles. The van der Waals surface area contributed by atoms with Gasteiger partial charge < -0.3 is 9.32 Å². The Morgan fingerprint density at radius 2 is 1.81 bits per heavy atom. The molecule has 0 N–H and O–H groups in total. The van der Waals surface area contributed by atoms with Gasteiger partial charge in [-0.1, -0.05) is 23.2 Å². The van der Waals surface area contributed by atoms with Crippen molar-refractivity contribution in [1.82, 2.24) is 0 Å². The van der Waals surface area contributed by atoms with Crippen LogP contribution in [0.15, 0.2) is 57.7 Å². The van der Waals surface area contributed by atoms with Crippen molar-refractivity contribution in [2.75, 3.05) is 11.9 Å². The zero-order valence-corrected chi connectivity index (χ0v) is 15.6. The number of carbonyl (C=O) groups excluding carboxylic acids is 1. The van der Waals surface area contributed by atoms with Gasteiger partial charge in [-0.05, 0) is 49.4 Å². The fraction of sp³-hybridized carbons (Fsp3) is 0.100. The molecule has 0 saturated heterocycles. The van der Waals surface area contributed by atoms with E-state index in [1.165, 1.54) is 16.2 Å². The van der Waals surface area contributed by atoms with Crippen LogP contribution in [0.3, 0.4) is 0 Å². The lowest BCUT2D eigenvalue weighted by atomic mass is 10.1. The highest BCUT2D eigenvalue weighted by molar-refractivity contribution is 7.21. The lowest BCUT2D eigenvalue weighted by molar-refractivity contribution is 0.0997. The smallest absolute Gasteiger partial charge is 0.345 e. The molecule has 130 valence electrons. The number of carbonyl (C=O) groups is 1. The van der Waals surface area contributed by atoms with Gasteiger partial charge in [0.25, 0.3) is 5.91 Å². The monoisotopic (exact) mass is 383 g/mol. The topological polar surface area (TPSA) is 50.5 Å². The summed E-state index contributed by atoms with van der Waals surface area (Å²) < 4.78 is 6.16. The minimum atomic E-state index is -0.430. The van der Waals surface area contributed by atoms with E-state index in [0.717, 1.165) is 21.3 Å². The molecule has 0 unspecified atom stereocenters. The van der Waals surface area contributed by atoms with Crippen molar-refractivity contribution in [2.24, 2.45) is 0 Å². The Hall–Kier alpha value is -2.63. The molecule has 0 aliphatic rings. The maximum Gasteiger partial charge on any atom is 0.345 e. The molecule has 0 bridgehead atoms.